The molecule has 1 N–H and O–H groups in total. The van der Waals surface area contributed by atoms with Crippen LogP contribution in [0.2, 0.25) is 5.02 Å². The zero-order valence-corrected chi connectivity index (χ0v) is 18.4. The quantitative estimate of drug-likeness (QED) is 0.498. The first-order chi connectivity index (χ1) is 15.9. The van der Waals surface area contributed by atoms with Crippen molar-refractivity contribution in [1.29, 1.82) is 0 Å². The van der Waals surface area contributed by atoms with Crippen LogP contribution in [0.3, 0.4) is 0 Å². The Balaban J connectivity index is 1.56. The van der Waals surface area contributed by atoms with E-state index in [9.17, 15) is 14.0 Å². The molecule has 0 spiro atoms. The van der Waals surface area contributed by atoms with E-state index in [0.29, 0.717) is 34.8 Å². The number of carbonyl (C=O) groups is 1. The number of aryl methyl sites for hydroxylation is 2. The third kappa shape index (κ3) is 4.05. The molecule has 1 aliphatic rings. The second kappa shape index (κ2) is 8.29. The fraction of sp³-hybridized carbons (Fsp3) is 0.167. The maximum Gasteiger partial charge on any atom is 0.284 e. The number of nitrogens with zero attached hydrogens (tertiary/aromatic N) is 4. The highest BCUT2D eigenvalue weighted by atomic mass is 35.5. The van der Waals surface area contributed by atoms with Crippen molar-refractivity contribution in [1.82, 2.24) is 24.9 Å². The fourth-order valence-electron chi connectivity index (χ4n) is 4.08. The molecule has 0 saturated carbocycles. The summed E-state index contributed by atoms with van der Waals surface area (Å²) in [5.41, 5.74) is 2.70. The van der Waals surface area contributed by atoms with Crippen LogP contribution in [0.15, 0.2) is 65.7 Å². The first kappa shape index (κ1) is 21.1. The molecule has 0 aliphatic heterocycles. The molecular weight excluding hydrogens is 445 g/mol. The van der Waals surface area contributed by atoms with Crippen molar-refractivity contribution < 1.29 is 9.18 Å². The molecule has 2 aromatic carbocycles. The van der Waals surface area contributed by atoms with Crippen molar-refractivity contribution in [2.24, 2.45) is 7.05 Å². The van der Waals surface area contributed by atoms with Crippen molar-refractivity contribution in [2.45, 2.75) is 18.9 Å². The van der Waals surface area contributed by atoms with E-state index >= 15 is 0 Å². The number of hydrogen-bond acceptors (Lipinski definition) is 4. The summed E-state index contributed by atoms with van der Waals surface area (Å²) in [5, 5.41) is 12.1. The molecule has 7 nitrogen and oxygen atoms in total. The van der Waals surface area contributed by atoms with Crippen molar-refractivity contribution >= 4 is 17.5 Å². The Morgan fingerprint density at radius 3 is 2.70 bits per heavy atom. The number of aromatic nitrogens is 4. The molecule has 9 heteroatoms. The average molecular weight is 464 g/mol. The van der Waals surface area contributed by atoms with E-state index in [2.05, 4.69) is 15.5 Å². The smallest absolute Gasteiger partial charge is 0.284 e. The lowest BCUT2D eigenvalue weighted by molar-refractivity contribution is 0.0934. The largest absolute Gasteiger partial charge is 0.345 e. The first-order valence-corrected chi connectivity index (χ1v) is 10.8. The summed E-state index contributed by atoms with van der Waals surface area (Å²) >= 11 is 6.01. The van der Waals surface area contributed by atoms with Gasteiger partial charge in [-0.1, -0.05) is 29.8 Å². The predicted molar refractivity (Wildman–Crippen MR) is 122 cm³/mol. The summed E-state index contributed by atoms with van der Waals surface area (Å²) in [7, 11) is 1.73. The topological polar surface area (TPSA) is 81.8 Å². The Bertz CT molecular complexity index is 1430. The number of amides is 1. The van der Waals surface area contributed by atoms with Gasteiger partial charge >= 0.3 is 0 Å². The molecule has 166 valence electrons. The molecule has 2 aromatic heterocycles. The predicted octanol–water partition coefficient (Wildman–Crippen LogP) is 3.84. The molecule has 0 bridgehead atoms. The van der Waals surface area contributed by atoms with Crippen LogP contribution in [0, 0.1) is 5.82 Å². The SMILES string of the molecule is Cn1cc(-n2nc(-c3ccc(Cl)cc3)cc(C(=O)NC3CCc4cc(F)ccc43)c2=O)cn1. The van der Waals surface area contributed by atoms with E-state index < -0.39 is 11.5 Å². The molecule has 0 fully saturated rings. The second-order valence-electron chi connectivity index (χ2n) is 7.95. The number of halogens is 2. The van der Waals surface area contributed by atoms with Crippen LogP contribution in [0.4, 0.5) is 4.39 Å². The van der Waals surface area contributed by atoms with Crippen molar-refractivity contribution in [3.63, 3.8) is 0 Å². The maximum absolute atomic E-state index is 13.6. The van der Waals surface area contributed by atoms with E-state index in [4.69, 9.17) is 11.6 Å². The standard InChI is InChI=1S/C24H19ClFN5O2/c1-30-13-18(12-27-30)31-24(33)20(11-22(29-31)14-2-5-16(25)6-3-14)23(32)28-21-9-4-15-10-17(26)7-8-19(15)21/h2-3,5-8,10-13,21H,4,9H2,1H3,(H,28,32). The lowest BCUT2D eigenvalue weighted by Gasteiger charge is -2.15. The highest BCUT2D eigenvalue weighted by molar-refractivity contribution is 6.30. The van der Waals surface area contributed by atoms with Gasteiger partial charge in [0.05, 0.1) is 24.1 Å². The van der Waals surface area contributed by atoms with Gasteiger partial charge in [-0.25, -0.2) is 4.39 Å². The van der Waals surface area contributed by atoms with Crippen molar-refractivity contribution in [2.75, 3.05) is 0 Å². The lowest BCUT2D eigenvalue weighted by Crippen LogP contribution is -2.35. The van der Waals surface area contributed by atoms with Gasteiger partial charge in [0.25, 0.3) is 11.5 Å². The minimum atomic E-state index is -0.560. The van der Waals surface area contributed by atoms with Crippen LogP contribution < -0.4 is 10.9 Å². The Morgan fingerprint density at radius 2 is 1.97 bits per heavy atom. The summed E-state index contributed by atoms with van der Waals surface area (Å²) in [4.78, 5) is 26.5. The van der Waals surface area contributed by atoms with Crippen LogP contribution in [0.25, 0.3) is 16.9 Å². The Kier molecular flexibility index (Phi) is 5.30. The van der Waals surface area contributed by atoms with Crippen LogP contribution in [-0.4, -0.2) is 25.5 Å². The number of fused-ring (bicyclic) bond motifs is 1. The zero-order chi connectivity index (χ0) is 23.1. The molecule has 1 aliphatic carbocycles. The minimum Gasteiger partial charge on any atom is -0.345 e. The lowest BCUT2D eigenvalue weighted by atomic mass is 10.1. The minimum absolute atomic E-state index is 0.0469. The Labute approximate surface area is 193 Å². The monoisotopic (exact) mass is 463 g/mol. The van der Waals surface area contributed by atoms with Gasteiger partial charge in [0, 0.05) is 17.6 Å². The molecule has 5 rings (SSSR count). The summed E-state index contributed by atoms with van der Waals surface area (Å²) in [6, 6.07) is 12.7. The molecule has 2 heterocycles. The molecule has 0 radical (unpaired) electrons. The molecule has 4 aromatic rings. The van der Waals surface area contributed by atoms with Gasteiger partial charge in [-0.15, -0.1) is 0 Å². The van der Waals surface area contributed by atoms with Crippen LogP contribution in [0.5, 0.6) is 0 Å². The third-order valence-corrected chi connectivity index (χ3v) is 5.97. The van der Waals surface area contributed by atoms with E-state index in [0.717, 1.165) is 11.1 Å². The molecule has 1 atom stereocenters. The molecule has 1 amide bonds. The van der Waals surface area contributed by atoms with Crippen LogP contribution in [0.1, 0.15) is 33.9 Å². The first-order valence-electron chi connectivity index (χ1n) is 10.4. The Morgan fingerprint density at radius 1 is 1.18 bits per heavy atom. The van der Waals surface area contributed by atoms with Gasteiger partial charge < -0.3 is 5.32 Å². The summed E-state index contributed by atoms with van der Waals surface area (Å²) in [5.74, 6) is -0.820. The summed E-state index contributed by atoms with van der Waals surface area (Å²) in [6.07, 6.45) is 4.44. The van der Waals surface area contributed by atoms with Crippen molar-refractivity contribution in [3.8, 4) is 16.9 Å². The van der Waals surface area contributed by atoms with Gasteiger partial charge in [0.1, 0.15) is 17.1 Å². The van der Waals surface area contributed by atoms with E-state index in [-0.39, 0.29) is 17.4 Å². The number of benzene rings is 2. The molecule has 33 heavy (non-hydrogen) atoms. The van der Waals surface area contributed by atoms with E-state index in [1.165, 1.54) is 29.1 Å². The molecule has 1 unspecified atom stereocenters. The zero-order valence-electron chi connectivity index (χ0n) is 17.6. The highest BCUT2D eigenvalue weighted by Crippen LogP contribution is 2.31. The summed E-state index contributed by atoms with van der Waals surface area (Å²) < 4.78 is 16.3. The van der Waals surface area contributed by atoms with Gasteiger partial charge in [-0.3, -0.25) is 14.3 Å². The van der Waals surface area contributed by atoms with Gasteiger partial charge in [-0.2, -0.15) is 14.9 Å². The molecular formula is C24H19ClFN5O2. The van der Waals surface area contributed by atoms with Crippen LogP contribution in [-0.2, 0) is 13.5 Å². The molecule has 0 saturated heterocycles. The van der Waals surface area contributed by atoms with Gasteiger partial charge in [0.15, 0.2) is 0 Å². The Hall–Kier alpha value is -3.78. The van der Waals surface area contributed by atoms with E-state index in [1.54, 1.807) is 48.3 Å². The van der Waals surface area contributed by atoms with Gasteiger partial charge in [0.2, 0.25) is 0 Å². The number of hydrogen-bond donors (Lipinski definition) is 1. The fourth-order valence-corrected chi connectivity index (χ4v) is 4.21. The second-order valence-corrected chi connectivity index (χ2v) is 8.38. The van der Waals surface area contributed by atoms with Crippen molar-refractivity contribution in [3.05, 3.63) is 98.8 Å². The van der Waals surface area contributed by atoms with Crippen LogP contribution >= 0.6 is 11.6 Å². The average Bonchev–Trinajstić information content (AvgIpc) is 3.40. The normalized spacial score (nSPS) is 14.8. The number of nitrogens with one attached hydrogen (secondary N) is 1. The van der Waals surface area contributed by atoms with E-state index in [1.807, 2.05) is 0 Å². The van der Waals surface area contributed by atoms with Gasteiger partial charge in [-0.05, 0) is 54.3 Å². The maximum atomic E-state index is 13.6. The third-order valence-electron chi connectivity index (χ3n) is 5.72. The number of rotatable bonds is 4. The number of carbonyl (C=O) groups excluding carboxylic acids is 1. The highest BCUT2D eigenvalue weighted by Gasteiger charge is 2.26. The summed E-state index contributed by atoms with van der Waals surface area (Å²) in [6.45, 7) is 0.